The van der Waals surface area contributed by atoms with Crippen LogP contribution in [0.15, 0.2) is 82.0 Å². The highest BCUT2D eigenvalue weighted by molar-refractivity contribution is 9.10. The first-order valence-corrected chi connectivity index (χ1v) is 17.1. The van der Waals surface area contributed by atoms with Gasteiger partial charge in [-0.15, -0.1) is 0 Å². The molecule has 0 saturated heterocycles. The number of nitrogens with zero attached hydrogens (tertiary/aromatic N) is 4. The SMILES string of the molecule is O=C1C[C@@H](c2cc(Cl)ccc2OC(F)F)c2c1nc1ccc(Br)cn21.O=C1C[C@H](c2cc(Cl)ccc2OC(F)F)c2c1nc1ccc(Br)cn21. The van der Waals surface area contributed by atoms with Gasteiger partial charge in [0.25, 0.3) is 0 Å². The molecular formula is C34H20Br2Cl2F4N4O4. The largest absolute Gasteiger partial charge is 0.435 e. The highest BCUT2D eigenvalue weighted by atomic mass is 79.9. The smallest absolute Gasteiger partial charge is 0.387 e. The third kappa shape index (κ3) is 6.49. The molecule has 0 N–H and O–H groups in total. The van der Waals surface area contributed by atoms with E-state index in [-0.39, 0.29) is 35.9 Å². The summed E-state index contributed by atoms with van der Waals surface area (Å²) in [5.74, 6) is -1.17. The second-order valence-corrected chi connectivity index (χ2v) is 14.0. The summed E-state index contributed by atoms with van der Waals surface area (Å²) in [6.07, 6.45) is 3.86. The Morgan fingerprint density at radius 1 is 0.660 bits per heavy atom. The average molecular weight is 855 g/mol. The van der Waals surface area contributed by atoms with Crippen molar-refractivity contribution >= 4 is 77.9 Å². The highest BCUT2D eigenvalue weighted by Gasteiger charge is 2.38. The Balaban J connectivity index is 0.000000157. The molecule has 16 heteroatoms. The number of hydrogen-bond acceptors (Lipinski definition) is 6. The molecule has 4 heterocycles. The van der Waals surface area contributed by atoms with Crippen molar-refractivity contribution in [2.75, 3.05) is 0 Å². The molecule has 0 unspecified atom stereocenters. The van der Waals surface area contributed by atoms with E-state index in [0.717, 1.165) is 8.95 Å². The zero-order chi connectivity index (χ0) is 35.4. The molecule has 2 atom stereocenters. The van der Waals surface area contributed by atoms with Gasteiger partial charge in [0.15, 0.2) is 11.6 Å². The molecule has 0 bridgehead atoms. The maximum atomic E-state index is 12.8. The van der Waals surface area contributed by atoms with Crippen molar-refractivity contribution in [2.24, 2.45) is 0 Å². The van der Waals surface area contributed by atoms with E-state index in [1.54, 1.807) is 45.5 Å². The van der Waals surface area contributed by atoms with Crippen molar-refractivity contribution in [2.45, 2.75) is 37.9 Å². The molecular weight excluding hydrogens is 835 g/mol. The standard InChI is InChI=1S/2C17H10BrClF2N2O2/c2*18-8-1-4-14-22-15-12(24)6-11(16(15)23(14)7-8)10-5-9(19)2-3-13(10)25-17(20)21/h2*1-5,7,11,17H,6H2/t2*11-/m10/s1. The number of ether oxygens (including phenoxy) is 2. The Morgan fingerprint density at radius 2 is 1.06 bits per heavy atom. The van der Waals surface area contributed by atoms with E-state index in [0.29, 0.717) is 55.2 Å². The van der Waals surface area contributed by atoms with Gasteiger partial charge in [0, 0.05) is 67.2 Å². The molecule has 0 radical (unpaired) electrons. The summed E-state index contributed by atoms with van der Waals surface area (Å²) >= 11 is 18.9. The molecule has 2 aliphatic carbocycles. The van der Waals surface area contributed by atoms with Crippen molar-refractivity contribution in [1.82, 2.24) is 18.8 Å². The average Bonchev–Trinajstić information content (AvgIpc) is 3.79. The van der Waals surface area contributed by atoms with Gasteiger partial charge in [-0.25, -0.2) is 9.97 Å². The maximum absolute atomic E-state index is 12.8. The third-order valence-corrected chi connectivity index (χ3v) is 9.74. The van der Waals surface area contributed by atoms with Gasteiger partial charge in [0.1, 0.15) is 34.2 Å². The van der Waals surface area contributed by atoms with E-state index in [1.165, 1.54) is 24.3 Å². The summed E-state index contributed by atoms with van der Waals surface area (Å²) in [6, 6.07) is 16.1. The van der Waals surface area contributed by atoms with Crippen LogP contribution in [0.5, 0.6) is 11.5 Å². The number of hydrogen-bond donors (Lipinski definition) is 0. The fourth-order valence-electron chi connectivity index (χ4n) is 6.41. The number of pyridine rings is 2. The second-order valence-electron chi connectivity index (χ2n) is 11.3. The first kappa shape index (κ1) is 34.5. The number of fused-ring (bicyclic) bond motifs is 6. The fraction of sp³-hybridized carbons (Fsp3) is 0.176. The number of imidazole rings is 2. The molecule has 6 aromatic rings. The Morgan fingerprint density at radius 3 is 1.44 bits per heavy atom. The first-order valence-electron chi connectivity index (χ1n) is 14.8. The summed E-state index contributed by atoms with van der Waals surface area (Å²) in [5.41, 5.74) is 4.14. The monoisotopic (exact) mass is 852 g/mol. The third-order valence-electron chi connectivity index (χ3n) is 8.33. The van der Waals surface area contributed by atoms with E-state index in [2.05, 4.69) is 51.3 Å². The van der Waals surface area contributed by atoms with Crippen LogP contribution in [0.3, 0.4) is 0 Å². The van der Waals surface area contributed by atoms with Crippen molar-refractivity contribution in [3.05, 3.63) is 126 Å². The van der Waals surface area contributed by atoms with Gasteiger partial charge in [-0.3, -0.25) is 9.59 Å². The van der Waals surface area contributed by atoms with Gasteiger partial charge in [-0.2, -0.15) is 17.6 Å². The molecule has 0 amide bonds. The van der Waals surface area contributed by atoms with Crippen LogP contribution < -0.4 is 9.47 Å². The predicted octanol–water partition coefficient (Wildman–Crippen LogP) is 10.1. The zero-order valence-corrected chi connectivity index (χ0v) is 29.8. The van der Waals surface area contributed by atoms with Crippen LogP contribution in [-0.4, -0.2) is 43.6 Å². The maximum Gasteiger partial charge on any atom is 0.387 e. The molecule has 256 valence electrons. The Kier molecular flexibility index (Phi) is 9.39. The fourth-order valence-corrected chi connectivity index (χ4v) is 7.45. The molecule has 0 aliphatic heterocycles. The lowest BCUT2D eigenvalue weighted by atomic mass is 9.95. The Bertz CT molecular complexity index is 2170. The molecule has 2 aliphatic rings. The van der Waals surface area contributed by atoms with E-state index in [1.807, 2.05) is 12.1 Å². The van der Waals surface area contributed by atoms with Crippen molar-refractivity contribution in [3.63, 3.8) is 0 Å². The number of alkyl halides is 4. The molecule has 8 rings (SSSR count). The minimum Gasteiger partial charge on any atom is -0.435 e. The van der Waals surface area contributed by atoms with Gasteiger partial charge < -0.3 is 18.3 Å². The van der Waals surface area contributed by atoms with Crippen molar-refractivity contribution in [3.8, 4) is 11.5 Å². The highest BCUT2D eigenvalue weighted by Crippen LogP contribution is 2.45. The number of halogens is 8. The van der Waals surface area contributed by atoms with Crippen LogP contribution in [0.1, 0.15) is 68.2 Å². The Hall–Kier alpha value is -3.98. The van der Waals surface area contributed by atoms with Gasteiger partial charge in [0.2, 0.25) is 0 Å². The van der Waals surface area contributed by atoms with Crippen LogP contribution in [0.4, 0.5) is 17.6 Å². The lowest BCUT2D eigenvalue weighted by Gasteiger charge is -2.17. The summed E-state index contributed by atoms with van der Waals surface area (Å²) < 4.78 is 65.5. The number of Topliss-reactive ketones (excluding diaryl/α,β-unsaturated/α-hetero) is 2. The molecule has 50 heavy (non-hydrogen) atoms. The van der Waals surface area contributed by atoms with E-state index < -0.39 is 25.1 Å². The molecule has 0 fully saturated rings. The van der Waals surface area contributed by atoms with Crippen LogP contribution in [0, 0.1) is 0 Å². The molecule has 0 saturated carbocycles. The Labute approximate surface area is 307 Å². The minimum absolute atomic E-state index is 0.00926. The molecule has 4 aromatic heterocycles. The summed E-state index contributed by atoms with van der Waals surface area (Å²) in [4.78, 5) is 33.6. The minimum atomic E-state index is -2.96. The van der Waals surface area contributed by atoms with Crippen molar-refractivity contribution < 1.29 is 36.6 Å². The second kappa shape index (κ2) is 13.6. The number of ketones is 2. The lowest BCUT2D eigenvalue weighted by Crippen LogP contribution is -2.08. The number of carbonyl (C=O) groups is 2. The zero-order valence-electron chi connectivity index (χ0n) is 25.1. The summed E-state index contributed by atoms with van der Waals surface area (Å²) in [6.45, 7) is -5.93. The van der Waals surface area contributed by atoms with Gasteiger partial charge in [-0.1, -0.05) is 23.2 Å². The lowest BCUT2D eigenvalue weighted by molar-refractivity contribution is -0.0512. The van der Waals surface area contributed by atoms with Crippen LogP contribution in [-0.2, 0) is 0 Å². The van der Waals surface area contributed by atoms with Gasteiger partial charge >= 0.3 is 13.2 Å². The predicted molar refractivity (Wildman–Crippen MR) is 184 cm³/mol. The molecule has 2 aromatic carbocycles. The number of benzene rings is 2. The topological polar surface area (TPSA) is 87.2 Å². The van der Waals surface area contributed by atoms with Crippen LogP contribution >= 0.6 is 55.1 Å². The van der Waals surface area contributed by atoms with E-state index in [4.69, 9.17) is 23.2 Å². The van der Waals surface area contributed by atoms with Crippen LogP contribution in [0.2, 0.25) is 10.0 Å². The number of aromatic nitrogens is 4. The van der Waals surface area contributed by atoms with Crippen molar-refractivity contribution in [1.29, 1.82) is 0 Å². The van der Waals surface area contributed by atoms with Gasteiger partial charge in [-0.05, 0) is 92.5 Å². The molecule has 8 nitrogen and oxygen atoms in total. The summed E-state index contributed by atoms with van der Waals surface area (Å²) in [5, 5.41) is 0.764. The quantitative estimate of drug-likeness (QED) is 0.155. The number of rotatable bonds is 6. The van der Waals surface area contributed by atoms with E-state index in [9.17, 15) is 27.2 Å². The first-order chi connectivity index (χ1) is 23.9. The summed E-state index contributed by atoms with van der Waals surface area (Å²) in [7, 11) is 0. The van der Waals surface area contributed by atoms with Crippen LogP contribution in [0.25, 0.3) is 11.3 Å². The number of carbonyl (C=O) groups excluding carboxylic acids is 2. The molecule has 0 spiro atoms. The van der Waals surface area contributed by atoms with Gasteiger partial charge in [0.05, 0.1) is 11.4 Å². The van der Waals surface area contributed by atoms with E-state index >= 15 is 0 Å². The normalized spacial score (nSPS) is 16.7.